The third-order valence-corrected chi connectivity index (χ3v) is 3.97. The molecule has 0 aromatic carbocycles. The molecule has 3 aliphatic rings. The molecule has 0 radical (unpaired) electrons. The van der Waals surface area contributed by atoms with Crippen LogP contribution in [0.25, 0.3) is 0 Å². The second kappa shape index (κ2) is 4.56. The second-order valence-corrected chi connectivity index (χ2v) is 4.80. The van der Waals surface area contributed by atoms with Crippen LogP contribution in [0.5, 0.6) is 0 Å². The molecule has 5 atom stereocenters. The van der Waals surface area contributed by atoms with Crippen LogP contribution in [0.3, 0.4) is 0 Å². The Morgan fingerprint density at radius 2 is 1.68 bits per heavy atom. The molecular formula is C12H15NO6. The number of carboxylic acid groups (broad SMARTS) is 2. The number of carbonyl (C=O) groups excluding carboxylic acids is 1. The van der Waals surface area contributed by atoms with Gasteiger partial charge in [-0.1, -0.05) is 12.2 Å². The maximum atomic E-state index is 11.7. The average Bonchev–Trinajstić information content (AvgIpc) is 2.37. The third kappa shape index (κ3) is 1.85. The topological polar surface area (TPSA) is 104 Å². The van der Waals surface area contributed by atoms with Crippen molar-refractivity contribution in [3.63, 3.8) is 0 Å². The van der Waals surface area contributed by atoms with Crippen LogP contribution in [0.15, 0.2) is 12.2 Å². The number of ether oxygens (including phenoxy) is 1. The van der Waals surface area contributed by atoms with Crippen LogP contribution in [0.1, 0.15) is 6.92 Å². The first-order valence-electron chi connectivity index (χ1n) is 5.90. The lowest BCUT2D eigenvalue weighted by Crippen LogP contribution is -2.64. The van der Waals surface area contributed by atoms with Crippen LogP contribution in [-0.4, -0.2) is 52.3 Å². The van der Waals surface area contributed by atoms with E-state index in [4.69, 9.17) is 0 Å². The fourth-order valence-electron chi connectivity index (χ4n) is 3.13. The molecule has 3 rings (SSSR count). The molecule has 2 N–H and O–H groups in total. The van der Waals surface area contributed by atoms with E-state index in [2.05, 4.69) is 4.74 Å². The van der Waals surface area contributed by atoms with Crippen LogP contribution < -0.4 is 0 Å². The monoisotopic (exact) mass is 269 g/mol. The minimum Gasteiger partial charge on any atom is -0.481 e. The van der Waals surface area contributed by atoms with Crippen molar-refractivity contribution in [1.82, 2.24) is 4.90 Å². The molecule has 104 valence electrons. The number of rotatable bonds is 2. The van der Waals surface area contributed by atoms with Gasteiger partial charge in [0.2, 0.25) is 0 Å². The van der Waals surface area contributed by atoms with E-state index < -0.39 is 47.9 Å². The van der Waals surface area contributed by atoms with E-state index >= 15 is 0 Å². The number of carbonyl (C=O) groups is 3. The van der Waals surface area contributed by atoms with E-state index in [-0.39, 0.29) is 0 Å². The molecule has 0 unspecified atom stereocenters. The number of amides is 1. The molecule has 0 aromatic heterocycles. The first kappa shape index (κ1) is 13.4. The zero-order chi connectivity index (χ0) is 14.3. The quantitative estimate of drug-likeness (QED) is 0.704. The smallest absolute Gasteiger partial charge is 0.410 e. The van der Waals surface area contributed by atoms with Crippen molar-refractivity contribution in [2.75, 3.05) is 7.11 Å². The summed E-state index contributed by atoms with van der Waals surface area (Å²) in [6.45, 7) is 1.70. The maximum absolute atomic E-state index is 11.7. The molecule has 19 heavy (non-hydrogen) atoms. The largest absolute Gasteiger partial charge is 0.481 e. The highest BCUT2D eigenvalue weighted by Gasteiger charge is 2.56. The van der Waals surface area contributed by atoms with Gasteiger partial charge in [0.15, 0.2) is 0 Å². The SMILES string of the molecule is COC(=O)N1[C@H](C)[C@@H]2C=C[C@@H]1[C@@H](C(=O)O)[C@H]2C(=O)O. The number of methoxy groups -OCH3 is 1. The molecule has 0 spiro atoms. The van der Waals surface area contributed by atoms with Gasteiger partial charge in [0.1, 0.15) is 0 Å². The van der Waals surface area contributed by atoms with Crippen LogP contribution in [0.2, 0.25) is 0 Å². The summed E-state index contributed by atoms with van der Waals surface area (Å²) in [7, 11) is 1.21. The summed E-state index contributed by atoms with van der Waals surface area (Å²) in [4.78, 5) is 35.7. The lowest BCUT2D eigenvalue weighted by molar-refractivity contribution is -0.164. The Labute approximate surface area is 109 Å². The second-order valence-electron chi connectivity index (χ2n) is 4.80. The van der Waals surface area contributed by atoms with Gasteiger partial charge >= 0.3 is 18.0 Å². The van der Waals surface area contributed by atoms with E-state index in [9.17, 15) is 24.6 Å². The van der Waals surface area contributed by atoms with Gasteiger partial charge in [-0.15, -0.1) is 0 Å². The summed E-state index contributed by atoms with van der Waals surface area (Å²) in [6.07, 6.45) is 2.63. The Morgan fingerprint density at radius 3 is 2.16 bits per heavy atom. The predicted octanol–water partition coefficient (Wildman–Crippen LogP) is 0.413. The molecule has 7 heteroatoms. The van der Waals surface area contributed by atoms with E-state index in [0.29, 0.717) is 0 Å². The Bertz CT molecular complexity index is 459. The summed E-state index contributed by atoms with van der Waals surface area (Å²) < 4.78 is 4.65. The Balaban J connectivity index is 2.45. The number of hydrogen-bond acceptors (Lipinski definition) is 4. The van der Waals surface area contributed by atoms with Gasteiger partial charge in [-0.2, -0.15) is 0 Å². The van der Waals surface area contributed by atoms with Gasteiger partial charge in [0.25, 0.3) is 0 Å². The molecule has 0 aromatic rings. The number of hydrogen-bond donors (Lipinski definition) is 2. The minimum atomic E-state index is -1.22. The lowest BCUT2D eigenvalue weighted by Gasteiger charge is -2.51. The van der Waals surface area contributed by atoms with Crippen molar-refractivity contribution in [2.24, 2.45) is 17.8 Å². The van der Waals surface area contributed by atoms with Crippen molar-refractivity contribution >= 4 is 18.0 Å². The van der Waals surface area contributed by atoms with E-state index in [1.54, 1.807) is 19.1 Å². The molecule has 0 saturated carbocycles. The van der Waals surface area contributed by atoms with Crippen LogP contribution >= 0.6 is 0 Å². The first-order chi connectivity index (χ1) is 8.90. The summed E-state index contributed by atoms with van der Waals surface area (Å²) in [5.41, 5.74) is 0. The maximum Gasteiger partial charge on any atom is 0.410 e. The van der Waals surface area contributed by atoms with Crippen LogP contribution in [0.4, 0.5) is 4.79 Å². The van der Waals surface area contributed by atoms with Crippen LogP contribution in [0, 0.1) is 17.8 Å². The fourth-order valence-corrected chi connectivity index (χ4v) is 3.13. The van der Waals surface area contributed by atoms with Gasteiger partial charge < -0.3 is 14.9 Å². The van der Waals surface area contributed by atoms with E-state index in [1.807, 2.05) is 0 Å². The van der Waals surface area contributed by atoms with Crippen molar-refractivity contribution < 1.29 is 29.3 Å². The van der Waals surface area contributed by atoms with Gasteiger partial charge in [0.05, 0.1) is 25.0 Å². The van der Waals surface area contributed by atoms with Crippen LogP contribution in [-0.2, 0) is 14.3 Å². The summed E-state index contributed by atoms with van der Waals surface area (Å²) in [5, 5.41) is 18.5. The number of nitrogens with zero attached hydrogens (tertiary/aromatic N) is 1. The van der Waals surface area contributed by atoms with E-state index in [1.165, 1.54) is 12.0 Å². The highest BCUT2D eigenvalue weighted by molar-refractivity contribution is 5.84. The van der Waals surface area contributed by atoms with Crippen molar-refractivity contribution in [3.05, 3.63) is 12.2 Å². The lowest BCUT2D eigenvalue weighted by atomic mass is 9.66. The molecular weight excluding hydrogens is 254 g/mol. The van der Waals surface area contributed by atoms with Crippen molar-refractivity contribution in [1.29, 1.82) is 0 Å². The molecule has 1 aliphatic carbocycles. The van der Waals surface area contributed by atoms with E-state index in [0.717, 1.165) is 0 Å². The highest BCUT2D eigenvalue weighted by atomic mass is 16.5. The van der Waals surface area contributed by atoms with Gasteiger partial charge in [-0.05, 0) is 6.92 Å². The third-order valence-electron chi connectivity index (χ3n) is 3.97. The average molecular weight is 269 g/mol. The van der Waals surface area contributed by atoms with Gasteiger partial charge in [0, 0.05) is 12.0 Å². The first-order valence-corrected chi connectivity index (χ1v) is 5.90. The molecule has 2 heterocycles. The number of aliphatic carboxylic acids is 2. The zero-order valence-corrected chi connectivity index (χ0v) is 10.5. The van der Waals surface area contributed by atoms with Crippen molar-refractivity contribution in [3.8, 4) is 0 Å². The zero-order valence-electron chi connectivity index (χ0n) is 10.5. The number of piperidine rings is 1. The molecule has 1 fully saturated rings. The molecule has 2 aliphatic heterocycles. The Kier molecular flexibility index (Phi) is 3.21. The summed E-state index contributed by atoms with van der Waals surface area (Å²) in [6, 6.07) is -1.19. The van der Waals surface area contributed by atoms with Crippen molar-refractivity contribution in [2.45, 2.75) is 19.0 Å². The predicted molar refractivity (Wildman–Crippen MR) is 62.4 cm³/mol. The minimum absolute atomic E-state index is 0.404. The molecule has 1 saturated heterocycles. The number of fused-ring (bicyclic) bond motifs is 2. The Morgan fingerprint density at radius 1 is 1.11 bits per heavy atom. The normalized spacial score (nSPS) is 36.1. The Hall–Kier alpha value is -2.05. The summed E-state index contributed by atoms with van der Waals surface area (Å²) >= 11 is 0. The standard InChI is InChI=1S/C12H15NO6/c1-5-6-3-4-7(13(5)12(18)19-2)9(11(16)17)8(6)10(14)15/h3-9H,1-2H3,(H,14,15)(H,16,17)/t5-,6+,7-,8+,9-/m1/s1. The van der Waals surface area contributed by atoms with Gasteiger partial charge in [-0.3, -0.25) is 14.5 Å². The van der Waals surface area contributed by atoms with Gasteiger partial charge in [-0.25, -0.2) is 4.79 Å². The number of carboxylic acids is 2. The fraction of sp³-hybridized carbons (Fsp3) is 0.583. The summed E-state index contributed by atoms with van der Waals surface area (Å²) in [5.74, 6) is -5.07. The highest BCUT2D eigenvalue weighted by Crippen LogP contribution is 2.43. The molecule has 2 bridgehead atoms. The molecule has 1 amide bonds. The molecule has 7 nitrogen and oxygen atoms in total.